The van der Waals surface area contributed by atoms with Gasteiger partial charge in [-0.3, -0.25) is 0 Å². The van der Waals surface area contributed by atoms with Crippen LogP contribution in [0, 0.1) is 0 Å². The molecule has 0 spiro atoms. The molecule has 2 amide bonds. The SMILES string of the molecule is CCCCOCCNC(=O)NCC(O)C(=O)O. The number of aliphatic hydroxyl groups is 1. The summed E-state index contributed by atoms with van der Waals surface area (Å²) in [5.41, 5.74) is 0. The van der Waals surface area contributed by atoms with E-state index in [1.165, 1.54) is 0 Å². The van der Waals surface area contributed by atoms with Crippen LogP contribution < -0.4 is 10.6 Å². The third kappa shape index (κ3) is 9.58. The summed E-state index contributed by atoms with van der Waals surface area (Å²) in [6.45, 7) is 3.16. The van der Waals surface area contributed by atoms with Gasteiger partial charge in [-0.2, -0.15) is 0 Å². The number of rotatable bonds is 9. The van der Waals surface area contributed by atoms with E-state index < -0.39 is 18.1 Å². The lowest BCUT2D eigenvalue weighted by molar-refractivity contribution is -0.146. The molecule has 7 heteroatoms. The minimum absolute atomic E-state index is 0.322. The van der Waals surface area contributed by atoms with Gasteiger partial charge in [0.1, 0.15) is 0 Å². The molecule has 0 heterocycles. The topological polar surface area (TPSA) is 108 Å². The van der Waals surface area contributed by atoms with Gasteiger partial charge in [0.05, 0.1) is 13.2 Å². The third-order valence-electron chi connectivity index (χ3n) is 1.92. The van der Waals surface area contributed by atoms with Crippen LogP contribution >= 0.6 is 0 Å². The highest BCUT2D eigenvalue weighted by atomic mass is 16.5. The molecule has 100 valence electrons. The smallest absolute Gasteiger partial charge is 0.334 e. The molecule has 0 aliphatic carbocycles. The van der Waals surface area contributed by atoms with E-state index >= 15 is 0 Å². The largest absolute Gasteiger partial charge is 0.479 e. The van der Waals surface area contributed by atoms with Crippen LogP contribution in [0.5, 0.6) is 0 Å². The number of urea groups is 1. The fraction of sp³-hybridized carbons (Fsp3) is 0.800. The number of carboxylic acid groups (broad SMARTS) is 1. The van der Waals surface area contributed by atoms with Gasteiger partial charge in [-0.25, -0.2) is 9.59 Å². The van der Waals surface area contributed by atoms with Crippen LogP contribution in [-0.4, -0.2) is 54.6 Å². The molecule has 0 radical (unpaired) electrons. The van der Waals surface area contributed by atoms with Crippen molar-refractivity contribution in [2.24, 2.45) is 0 Å². The maximum Gasteiger partial charge on any atom is 0.334 e. The molecule has 1 atom stereocenters. The van der Waals surface area contributed by atoms with Gasteiger partial charge in [0.2, 0.25) is 0 Å². The number of aliphatic hydroxyl groups excluding tert-OH is 1. The van der Waals surface area contributed by atoms with E-state index in [0.29, 0.717) is 19.8 Å². The van der Waals surface area contributed by atoms with E-state index in [0.717, 1.165) is 12.8 Å². The molecule has 0 rings (SSSR count). The summed E-state index contributed by atoms with van der Waals surface area (Å²) in [6, 6.07) is -0.524. The Hall–Kier alpha value is -1.34. The van der Waals surface area contributed by atoms with Crippen molar-refractivity contribution in [1.82, 2.24) is 10.6 Å². The van der Waals surface area contributed by atoms with Gasteiger partial charge in [0.15, 0.2) is 6.10 Å². The number of amides is 2. The number of unbranched alkanes of at least 4 members (excludes halogenated alkanes) is 1. The summed E-state index contributed by atoms with van der Waals surface area (Å²) >= 11 is 0. The fourth-order valence-corrected chi connectivity index (χ4v) is 0.924. The van der Waals surface area contributed by atoms with Crippen molar-refractivity contribution >= 4 is 12.0 Å². The normalized spacial score (nSPS) is 11.9. The molecule has 0 aromatic carbocycles. The van der Waals surface area contributed by atoms with Gasteiger partial charge in [0.25, 0.3) is 0 Å². The van der Waals surface area contributed by atoms with Crippen molar-refractivity contribution in [1.29, 1.82) is 0 Å². The number of nitrogens with one attached hydrogen (secondary N) is 2. The summed E-state index contributed by atoms with van der Waals surface area (Å²) in [7, 11) is 0. The second kappa shape index (κ2) is 9.86. The van der Waals surface area contributed by atoms with E-state index in [2.05, 4.69) is 17.6 Å². The summed E-state index contributed by atoms with van der Waals surface area (Å²) in [5.74, 6) is -1.37. The number of ether oxygens (including phenoxy) is 1. The number of carbonyl (C=O) groups excluding carboxylic acids is 1. The average molecular weight is 248 g/mol. The molecule has 4 N–H and O–H groups in total. The number of hydrogen-bond acceptors (Lipinski definition) is 4. The van der Waals surface area contributed by atoms with Crippen LogP contribution in [0.2, 0.25) is 0 Å². The molecule has 0 aliphatic heterocycles. The van der Waals surface area contributed by atoms with Crippen molar-refractivity contribution in [2.75, 3.05) is 26.3 Å². The molecule has 0 aromatic heterocycles. The second-order valence-corrected chi connectivity index (χ2v) is 3.46. The van der Waals surface area contributed by atoms with Gasteiger partial charge in [-0.15, -0.1) is 0 Å². The molecule has 1 unspecified atom stereocenters. The first-order chi connectivity index (χ1) is 8.07. The van der Waals surface area contributed by atoms with Gasteiger partial charge >= 0.3 is 12.0 Å². The highest BCUT2D eigenvalue weighted by molar-refractivity contribution is 5.76. The van der Waals surface area contributed by atoms with Crippen LogP contribution in [0.3, 0.4) is 0 Å². The van der Waals surface area contributed by atoms with E-state index in [9.17, 15) is 9.59 Å². The van der Waals surface area contributed by atoms with Crippen molar-refractivity contribution in [2.45, 2.75) is 25.9 Å². The van der Waals surface area contributed by atoms with Crippen LogP contribution in [0.1, 0.15) is 19.8 Å². The Kier molecular flexibility index (Phi) is 9.08. The molecular formula is C10H20N2O5. The lowest BCUT2D eigenvalue weighted by Gasteiger charge is -2.09. The summed E-state index contributed by atoms with van der Waals surface area (Å²) in [5, 5.41) is 21.9. The summed E-state index contributed by atoms with van der Waals surface area (Å²) < 4.78 is 5.20. The van der Waals surface area contributed by atoms with E-state index in [4.69, 9.17) is 14.9 Å². The maximum atomic E-state index is 11.1. The Bertz CT molecular complexity index is 235. The number of carbonyl (C=O) groups is 2. The lowest BCUT2D eigenvalue weighted by Crippen LogP contribution is -2.42. The molecule has 0 aliphatic rings. The third-order valence-corrected chi connectivity index (χ3v) is 1.92. The van der Waals surface area contributed by atoms with Crippen LogP contribution in [0.25, 0.3) is 0 Å². The minimum atomic E-state index is -1.58. The van der Waals surface area contributed by atoms with Crippen molar-refractivity contribution < 1.29 is 24.5 Å². The van der Waals surface area contributed by atoms with Gasteiger partial charge in [-0.1, -0.05) is 13.3 Å². The summed E-state index contributed by atoms with van der Waals surface area (Å²) in [4.78, 5) is 21.3. The predicted octanol–water partition coefficient (Wildman–Crippen LogP) is -0.452. The Labute approximate surface area is 100 Å². The predicted molar refractivity (Wildman–Crippen MR) is 60.8 cm³/mol. The van der Waals surface area contributed by atoms with Crippen LogP contribution in [-0.2, 0) is 9.53 Å². The first-order valence-corrected chi connectivity index (χ1v) is 5.58. The van der Waals surface area contributed by atoms with Crippen molar-refractivity contribution in [3.63, 3.8) is 0 Å². The number of aliphatic carboxylic acids is 1. The Balaban J connectivity index is 3.38. The average Bonchev–Trinajstić information content (AvgIpc) is 2.30. The Morgan fingerprint density at radius 1 is 1.29 bits per heavy atom. The molecule has 0 saturated heterocycles. The molecule has 0 aromatic rings. The zero-order valence-corrected chi connectivity index (χ0v) is 9.94. The zero-order chi connectivity index (χ0) is 13.1. The first kappa shape index (κ1) is 15.7. The molecule has 17 heavy (non-hydrogen) atoms. The molecule has 0 bridgehead atoms. The Morgan fingerprint density at radius 2 is 2.00 bits per heavy atom. The van der Waals surface area contributed by atoms with Crippen LogP contribution in [0.15, 0.2) is 0 Å². The monoisotopic (exact) mass is 248 g/mol. The maximum absolute atomic E-state index is 11.1. The van der Waals surface area contributed by atoms with E-state index in [-0.39, 0.29) is 6.54 Å². The second-order valence-electron chi connectivity index (χ2n) is 3.46. The highest BCUT2D eigenvalue weighted by Gasteiger charge is 2.13. The van der Waals surface area contributed by atoms with Crippen molar-refractivity contribution in [3.8, 4) is 0 Å². The summed E-state index contributed by atoms with van der Waals surface area (Å²) in [6.07, 6.45) is 0.458. The number of carboxylic acids is 1. The lowest BCUT2D eigenvalue weighted by atomic mass is 10.4. The molecule has 7 nitrogen and oxygen atoms in total. The highest BCUT2D eigenvalue weighted by Crippen LogP contribution is 1.86. The Morgan fingerprint density at radius 3 is 2.59 bits per heavy atom. The van der Waals surface area contributed by atoms with E-state index in [1.807, 2.05) is 0 Å². The van der Waals surface area contributed by atoms with Gasteiger partial charge in [-0.05, 0) is 6.42 Å². The quantitative estimate of drug-likeness (QED) is 0.413. The standard InChI is InChI=1S/C10H20N2O5/c1-2-3-5-17-6-4-11-10(16)12-7-8(13)9(14)15/h8,13H,2-7H2,1H3,(H,14,15)(H2,11,12,16). The first-order valence-electron chi connectivity index (χ1n) is 5.58. The minimum Gasteiger partial charge on any atom is -0.479 e. The number of hydrogen-bond donors (Lipinski definition) is 4. The molecule has 0 saturated carbocycles. The van der Waals surface area contributed by atoms with Crippen molar-refractivity contribution in [3.05, 3.63) is 0 Å². The fourth-order valence-electron chi connectivity index (χ4n) is 0.924. The molecule has 0 fully saturated rings. The van der Waals surface area contributed by atoms with Gasteiger partial charge < -0.3 is 25.6 Å². The van der Waals surface area contributed by atoms with Gasteiger partial charge in [0, 0.05) is 13.2 Å². The zero-order valence-electron chi connectivity index (χ0n) is 9.94. The van der Waals surface area contributed by atoms with Crippen LogP contribution in [0.4, 0.5) is 4.79 Å². The molecular weight excluding hydrogens is 228 g/mol. The van der Waals surface area contributed by atoms with E-state index in [1.54, 1.807) is 0 Å².